The Bertz CT molecular complexity index is 1600. The molecule has 0 spiro atoms. The van der Waals surface area contributed by atoms with Gasteiger partial charge in [-0.3, -0.25) is 5.32 Å². The Labute approximate surface area is 264 Å². The molecule has 2 aliphatic carbocycles. The molecule has 1 amide bonds. The Hall–Kier alpha value is -4.44. The van der Waals surface area contributed by atoms with E-state index in [1.54, 1.807) is 0 Å². The van der Waals surface area contributed by atoms with Crippen LogP contribution in [0.25, 0.3) is 22.5 Å². The SMILES string of the molecule is COC(=O)Nc1cccc(-c2ccnc(NC3CCCCC3NC3CCCN(c4ccc(-c5noc(C6CC6)n5)cc4)C3)c2)c1. The number of aromatic nitrogens is 3. The number of methoxy groups -OCH3 is 1. The van der Waals surface area contributed by atoms with Gasteiger partial charge in [-0.2, -0.15) is 4.98 Å². The van der Waals surface area contributed by atoms with Gasteiger partial charge in [0, 0.05) is 60.3 Å². The van der Waals surface area contributed by atoms with Gasteiger partial charge in [0.25, 0.3) is 0 Å². The molecule has 3 unspecified atom stereocenters. The van der Waals surface area contributed by atoms with Crippen molar-refractivity contribution in [1.29, 1.82) is 0 Å². The number of hydrogen-bond acceptors (Lipinski definition) is 9. The van der Waals surface area contributed by atoms with Crippen LogP contribution in [0.3, 0.4) is 0 Å². The lowest BCUT2D eigenvalue weighted by Crippen LogP contribution is -2.54. The fraction of sp³-hybridized carbons (Fsp3) is 0.429. The molecule has 3 heterocycles. The minimum absolute atomic E-state index is 0.305. The van der Waals surface area contributed by atoms with Gasteiger partial charge in [-0.05, 0) is 98.2 Å². The zero-order valence-corrected chi connectivity index (χ0v) is 25.7. The van der Waals surface area contributed by atoms with Crippen LogP contribution < -0.4 is 20.9 Å². The first-order valence-electron chi connectivity index (χ1n) is 16.2. The smallest absolute Gasteiger partial charge is 0.411 e. The van der Waals surface area contributed by atoms with E-state index in [4.69, 9.17) is 9.26 Å². The van der Waals surface area contributed by atoms with E-state index in [0.717, 1.165) is 73.6 Å². The quantitative estimate of drug-likeness (QED) is 0.188. The second-order valence-electron chi connectivity index (χ2n) is 12.5. The van der Waals surface area contributed by atoms with E-state index in [9.17, 15) is 4.79 Å². The summed E-state index contributed by atoms with van der Waals surface area (Å²) in [5.74, 6) is 2.79. The highest BCUT2D eigenvalue weighted by molar-refractivity contribution is 5.86. The van der Waals surface area contributed by atoms with Crippen LogP contribution in [0.1, 0.15) is 63.2 Å². The number of ether oxygens (including phenoxy) is 1. The highest BCUT2D eigenvalue weighted by Crippen LogP contribution is 2.39. The van der Waals surface area contributed by atoms with Crippen molar-refractivity contribution >= 4 is 23.3 Å². The molecule has 3 N–H and O–H groups in total. The predicted molar refractivity (Wildman–Crippen MR) is 175 cm³/mol. The fourth-order valence-corrected chi connectivity index (χ4v) is 6.65. The van der Waals surface area contributed by atoms with Gasteiger partial charge >= 0.3 is 6.09 Å². The zero-order valence-electron chi connectivity index (χ0n) is 25.7. The molecule has 10 heteroatoms. The van der Waals surface area contributed by atoms with Crippen molar-refractivity contribution in [2.24, 2.45) is 0 Å². The lowest BCUT2D eigenvalue weighted by atomic mass is 9.89. The molecule has 3 atom stereocenters. The van der Waals surface area contributed by atoms with Crippen molar-refractivity contribution in [3.63, 3.8) is 0 Å². The molecule has 2 aromatic heterocycles. The van der Waals surface area contributed by atoms with Crippen molar-refractivity contribution in [1.82, 2.24) is 20.4 Å². The van der Waals surface area contributed by atoms with Crippen LogP contribution >= 0.6 is 0 Å². The molecule has 7 rings (SSSR count). The second kappa shape index (κ2) is 13.3. The van der Waals surface area contributed by atoms with E-state index >= 15 is 0 Å². The third kappa shape index (κ3) is 7.12. The molecular weight excluding hydrogens is 566 g/mol. The lowest BCUT2D eigenvalue weighted by Gasteiger charge is -2.40. The highest BCUT2D eigenvalue weighted by atomic mass is 16.5. The number of carbonyl (C=O) groups is 1. The number of carbonyl (C=O) groups excluding carboxylic acids is 1. The van der Waals surface area contributed by atoms with Crippen LogP contribution in [0.4, 0.5) is 22.0 Å². The largest absolute Gasteiger partial charge is 0.453 e. The van der Waals surface area contributed by atoms with E-state index < -0.39 is 6.09 Å². The summed E-state index contributed by atoms with van der Waals surface area (Å²) in [6.45, 7) is 2.05. The van der Waals surface area contributed by atoms with Gasteiger partial charge in [0.05, 0.1) is 7.11 Å². The van der Waals surface area contributed by atoms with Crippen molar-refractivity contribution in [3.05, 3.63) is 72.8 Å². The number of pyridine rings is 1. The standard InChI is InChI=1S/C35H41N7O3/c1-44-35(43)38-27-7-4-6-25(20-27)26-17-18-36-32(21-26)39-31-10-3-2-9-30(31)37-28-8-5-19-42(22-28)29-15-13-23(14-16-29)33-40-34(45-41-33)24-11-12-24/h4,6-7,13-18,20-21,24,28,30-31,37H,2-3,5,8-12,19,22H2,1H3,(H,36,39)(H,38,43). The van der Waals surface area contributed by atoms with Crippen molar-refractivity contribution in [2.45, 2.75) is 75.4 Å². The summed E-state index contributed by atoms with van der Waals surface area (Å²) >= 11 is 0. The molecule has 1 saturated heterocycles. The average Bonchev–Trinajstić information content (AvgIpc) is 3.82. The van der Waals surface area contributed by atoms with Crippen LogP contribution in [-0.2, 0) is 4.74 Å². The van der Waals surface area contributed by atoms with Crippen molar-refractivity contribution < 1.29 is 14.1 Å². The minimum Gasteiger partial charge on any atom is -0.453 e. The number of piperidine rings is 1. The van der Waals surface area contributed by atoms with Crippen LogP contribution in [0.5, 0.6) is 0 Å². The molecule has 234 valence electrons. The van der Waals surface area contributed by atoms with E-state index in [2.05, 4.69) is 66.3 Å². The lowest BCUT2D eigenvalue weighted by molar-refractivity contribution is 0.187. The topological polar surface area (TPSA) is 117 Å². The monoisotopic (exact) mass is 607 g/mol. The predicted octanol–water partition coefficient (Wildman–Crippen LogP) is 6.84. The van der Waals surface area contributed by atoms with E-state index in [-0.39, 0.29) is 0 Å². The Kier molecular flexibility index (Phi) is 8.64. The number of nitrogens with one attached hydrogen (secondary N) is 3. The summed E-state index contributed by atoms with van der Waals surface area (Å²) < 4.78 is 10.2. The van der Waals surface area contributed by atoms with Crippen LogP contribution in [0, 0.1) is 0 Å². The van der Waals surface area contributed by atoms with Gasteiger partial charge in [0.2, 0.25) is 11.7 Å². The van der Waals surface area contributed by atoms with Gasteiger partial charge in [-0.15, -0.1) is 0 Å². The molecule has 4 aromatic rings. The van der Waals surface area contributed by atoms with Crippen LogP contribution in [-0.4, -0.2) is 59.5 Å². The second-order valence-corrected chi connectivity index (χ2v) is 12.5. The molecule has 1 aliphatic heterocycles. The number of hydrogen-bond donors (Lipinski definition) is 3. The summed E-state index contributed by atoms with van der Waals surface area (Å²) in [6, 6.07) is 21.6. The van der Waals surface area contributed by atoms with Crippen molar-refractivity contribution in [3.8, 4) is 22.5 Å². The molecule has 10 nitrogen and oxygen atoms in total. The number of nitrogens with zero attached hydrogens (tertiary/aromatic N) is 4. The summed E-state index contributed by atoms with van der Waals surface area (Å²) in [5, 5.41) is 14.8. The molecule has 3 fully saturated rings. The van der Waals surface area contributed by atoms with E-state index in [1.807, 2.05) is 36.5 Å². The average molecular weight is 608 g/mol. The highest BCUT2D eigenvalue weighted by Gasteiger charge is 2.31. The summed E-state index contributed by atoms with van der Waals surface area (Å²) in [7, 11) is 1.36. The maximum Gasteiger partial charge on any atom is 0.411 e. The van der Waals surface area contributed by atoms with Gasteiger partial charge in [0.15, 0.2) is 0 Å². The molecule has 45 heavy (non-hydrogen) atoms. The van der Waals surface area contributed by atoms with Crippen LogP contribution in [0.15, 0.2) is 71.4 Å². The number of rotatable bonds is 9. The van der Waals surface area contributed by atoms with Crippen molar-refractivity contribution in [2.75, 3.05) is 35.7 Å². The molecular formula is C35H41N7O3. The Morgan fingerprint density at radius 2 is 1.73 bits per heavy atom. The van der Waals surface area contributed by atoms with Gasteiger partial charge < -0.3 is 24.8 Å². The molecule has 0 radical (unpaired) electrons. The molecule has 0 bridgehead atoms. The maximum absolute atomic E-state index is 11.7. The minimum atomic E-state index is -0.485. The zero-order chi connectivity index (χ0) is 30.6. The van der Waals surface area contributed by atoms with E-state index in [1.165, 1.54) is 32.1 Å². The third-order valence-corrected chi connectivity index (χ3v) is 9.22. The Morgan fingerprint density at radius 3 is 2.56 bits per heavy atom. The summed E-state index contributed by atoms with van der Waals surface area (Å²) in [4.78, 5) is 23.4. The number of anilines is 3. The molecule has 3 aliphatic rings. The number of amides is 1. The van der Waals surface area contributed by atoms with Gasteiger partial charge in [-0.1, -0.05) is 30.1 Å². The molecule has 2 saturated carbocycles. The normalized spacial score (nSPS) is 21.7. The van der Waals surface area contributed by atoms with Crippen LogP contribution in [0.2, 0.25) is 0 Å². The first-order chi connectivity index (χ1) is 22.1. The first kappa shape index (κ1) is 29.3. The van der Waals surface area contributed by atoms with Gasteiger partial charge in [0.1, 0.15) is 5.82 Å². The Balaban J connectivity index is 0.980. The first-order valence-corrected chi connectivity index (χ1v) is 16.2. The number of benzene rings is 2. The third-order valence-electron chi connectivity index (χ3n) is 9.22. The van der Waals surface area contributed by atoms with E-state index in [0.29, 0.717) is 35.6 Å². The van der Waals surface area contributed by atoms with Gasteiger partial charge in [-0.25, -0.2) is 9.78 Å². The Morgan fingerprint density at radius 1 is 0.911 bits per heavy atom. The summed E-state index contributed by atoms with van der Waals surface area (Å²) in [6.07, 6.45) is 10.7. The maximum atomic E-state index is 11.7. The summed E-state index contributed by atoms with van der Waals surface area (Å²) in [5.41, 5.74) is 4.97. The molecule has 2 aromatic carbocycles. The fourth-order valence-electron chi connectivity index (χ4n) is 6.65.